The molecule has 6 nitrogen and oxygen atoms in total. The molecule has 11 atom stereocenters. The quantitative estimate of drug-likeness (QED) is 0.500. The van der Waals surface area contributed by atoms with Crippen LogP contribution in [-0.2, 0) is 19.0 Å². The first kappa shape index (κ1) is 24.2. The van der Waals surface area contributed by atoms with Gasteiger partial charge in [-0.25, -0.2) is 4.79 Å². The monoisotopic (exact) mass is 450 g/mol. The van der Waals surface area contributed by atoms with Crippen molar-refractivity contribution in [2.75, 3.05) is 0 Å². The standard InChI is InChI=1S/C26H42O6/c1-8-13(2)23(29)31-22-21(28)20(27)15(4)30-24(22)32-26(7)12-11-17-19(25(17,5)6)18-14(3)9-10-16(18)26/h8,14-22,24,27-28H,9-12H2,1-7H3/b13-8+/t14-,15-,16+,17-,18-,19-,20+,21+,22-,24+,26-/m1/s1. The number of carbonyl (C=O) groups excluding carboxylic acids is 1. The molecule has 182 valence electrons. The van der Waals surface area contributed by atoms with E-state index in [4.69, 9.17) is 14.2 Å². The fourth-order valence-corrected chi connectivity index (χ4v) is 7.24. The van der Waals surface area contributed by atoms with Crippen LogP contribution in [0, 0.1) is 35.0 Å². The lowest BCUT2D eigenvalue weighted by Crippen LogP contribution is -2.61. The van der Waals surface area contributed by atoms with Gasteiger partial charge in [0.1, 0.15) is 12.2 Å². The van der Waals surface area contributed by atoms with Gasteiger partial charge < -0.3 is 24.4 Å². The zero-order valence-electron chi connectivity index (χ0n) is 20.7. The van der Waals surface area contributed by atoms with Crippen LogP contribution in [0.3, 0.4) is 0 Å². The van der Waals surface area contributed by atoms with Crippen molar-refractivity contribution < 1.29 is 29.2 Å². The first-order chi connectivity index (χ1) is 14.9. The highest BCUT2D eigenvalue weighted by Gasteiger charge is 2.67. The van der Waals surface area contributed by atoms with Crippen LogP contribution >= 0.6 is 0 Å². The second-order valence-corrected chi connectivity index (χ2v) is 11.7. The molecule has 2 N–H and O–H groups in total. The molecule has 3 aliphatic carbocycles. The van der Waals surface area contributed by atoms with Gasteiger partial charge in [-0.3, -0.25) is 0 Å². The van der Waals surface area contributed by atoms with E-state index in [0.717, 1.165) is 31.1 Å². The van der Waals surface area contributed by atoms with Crippen molar-refractivity contribution in [3.8, 4) is 0 Å². The minimum atomic E-state index is -1.27. The average molecular weight is 451 g/mol. The highest BCUT2D eigenvalue weighted by atomic mass is 16.7. The molecule has 0 amide bonds. The molecule has 0 unspecified atom stereocenters. The Morgan fingerprint density at radius 1 is 1.06 bits per heavy atom. The van der Waals surface area contributed by atoms with Crippen molar-refractivity contribution in [1.29, 1.82) is 0 Å². The zero-order valence-corrected chi connectivity index (χ0v) is 20.7. The topological polar surface area (TPSA) is 85.2 Å². The Hall–Kier alpha value is -0.950. The maximum atomic E-state index is 12.5. The lowest BCUT2D eigenvalue weighted by molar-refractivity contribution is -0.328. The average Bonchev–Trinajstić information content (AvgIpc) is 3.11. The SMILES string of the molecule is C/C=C(\C)C(=O)O[C@H]1[C@H](O[C@]2(C)CC[C@@H]3[C@H]([C@@H]4[C@H](C)CC[C@@H]42)C3(C)C)O[C@H](C)[C@H](O)[C@@H]1O. The number of ether oxygens (including phenoxy) is 3. The van der Waals surface area contributed by atoms with Crippen LogP contribution < -0.4 is 0 Å². The fraction of sp³-hybridized carbons (Fsp3) is 0.885. The van der Waals surface area contributed by atoms with E-state index in [9.17, 15) is 15.0 Å². The number of aliphatic hydroxyl groups excluding tert-OH is 2. The fourth-order valence-electron chi connectivity index (χ4n) is 7.24. The summed E-state index contributed by atoms with van der Waals surface area (Å²) in [5.74, 6) is 2.62. The molecular weight excluding hydrogens is 408 g/mol. The minimum absolute atomic E-state index is 0.404. The summed E-state index contributed by atoms with van der Waals surface area (Å²) in [7, 11) is 0. The van der Waals surface area contributed by atoms with Gasteiger partial charge in [0.25, 0.3) is 0 Å². The van der Waals surface area contributed by atoms with Crippen molar-refractivity contribution in [2.45, 2.75) is 110 Å². The van der Waals surface area contributed by atoms with Gasteiger partial charge in [-0.05, 0) is 82.0 Å². The van der Waals surface area contributed by atoms with Crippen molar-refractivity contribution in [3.63, 3.8) is 0 Å². The molecule has 1 saturated heterocycles. The van der Waals surface area contributed by atoms with Crippen molar-refractivity contribution in [1.82, 2.24) is 0 Å². The van der Waals surface area contributed by atoms with Crippen LogP contribution in [0.25, 0.3) is 0 Å². The number of aliphatic hydroxyl groups is 2. The molecule has 0 aromatic carbocycles. The smallest absolute Gasteiger partial charge is 0.333 e. The van der Waals surface area contributed by atoms with Crippen molar-refractivity contribution in [3.05, 3.63) is 11.6 Å². The number of hydrogen-bond acceptors (Lipinski definition) is 6. The van der Waals surface area contributed by atoms with E-state index in [1.54, 1.807) is 26.8 Å². The van der Waals surface area contributed by atoms with Gasteiger partial charge in [-0.2, -0.15) is 0 Å². The van der Waals surface area contributed by atoms with Gasteiger partial charge in [0.2, 0.25) is 0 Å². The van der Waals surface area contributed by atoms with E-state index in [-0.39, 0.29) is 0 Å². The van der Waals surface area contributed by atoms with Crippen molar-refractivity contribution >= 4 is 5.97 Å². The summed E-state index contributed by atoms with van der Waals surface area (Å²) in [5, 5.41) is 21.2. The summed E-state index contributed by atoms with van der Waals surface area (Å²) in [5.41, 5.74) is 0.420. The van der Waals surface area contributed by atoms with E-state index in [1.165, 1.54) is 6.42 Å². The predicted octanol–water partition coefficient (Wildman–Crippen LogP) is 3.83. The summed E-state index contributed by atoms with van der Waals surface area (Å²) in [6.45, 7) is 14.5. The van der Waals surface area contributed by atoms with Gasteiger partial charge in [0.15, 0.2) is 12.4 Å². The summed E-state index contributed by atoms with van der Waals surface area (Å²) in [6.07, 6.45) is 1.01. The Labute approximate surface area is 192 Å². The van der Waals surface area contributed by atoms with E-state index < -0.39 is 42.3 Å². The highest BCUT2D eigenvalue weighted by Crippen LogP contribution is 2.71. The summed E-state index contributed by atoms with van der Waals surface area (Å²) in [4.78, 5) is 12.5. The van der Waals surface area contributed by atoms with Gasteiger partial charge in [-0.15, -0.1) is 0 Å². The molecule has 1 heterocycles. The van der Waals surface area contributed by atoms with E-state index in [0.29, 0.717) is 28.7 Å². The Morgan fingerprint density at radius 2 is 1.75 bits per heavy atom. The predicted molar refractivity (Wildman–Crippen MR) is 121 cm³/mol. The Morgan fingerprint density at radius 3 is 2.41 bits per heavy atom. The van der Waals surface area contributed by atoms with Gasteiger partial charge in [-0.1, -0.05) is 33.3 Å². The molecule has 4 rings (SSSR count). The molecule has 1 aliphatic heterocycles. The van der Waals surface area contributed by atoms with E-state index in [2.05, 4.69) is 27.7 Å². The van der Waals surface area contributed by atoms with Crippen LogP contribution in [0.4, 0.5) is 0 Å². The van der Waals surface area contributed by atoms with Crippen LogP contribution in [0.2, 0.25) is 0 Å². The van der Waals surface area contributed by atoms with E-state index >= 15 is 0 Å². The highest BCUT2D eigenvalue weighted by molar-refractivity contribution is 5.87. The second kappa shape index (κ2) is 8.37. The number of carbonyl (C=O) groups is 1. The van der Waals surface area contributed by atoms with Crippen LogP contribution in [-0.4, -0.2) is 52.5 Å². The maximum Gasteiger partial charge on any atom is 0.333 e. The molecule has 0 radical (unpaired) electrons. The molecule has 0 aromatic heterocycles. The number of fused-ring (bicyclic) bond motifs is 3. The number of rotatable bonds is 4. The molecule has 3 saturated carbocycles. The first-order valence-electron chi connectivity index (χ1n) is 12.5. The summed E-state index contributed by atoms with van der Waals surface area (Å²) < 4.78 is 18.4. The normalized spacial score (nSPS) is 50.2. The third-order valence-electron chi connectivity index (χ3n) is 9.51. The molecule has 4 aliphatic rings. The van der Waals surface area contributed by atoms with Crippen LogP contribution in [0.5, 0.6) is 0 Å². The molecule has 4 fully saturated rings. The largest absolute Gasteiger partial charge is 0.451 e. The van der Waals surface area contributed by atoms with Crippen LogP contribution in [0.1, 0.15) is 74.1 Å². The molecule has 0 aromatic rings. The summed E-state index contributed by atoms with van der Waals surface area (Å²) >= 11 is 0. The van der Waals surface area contributed by atoms with E-state index in [1.807, 2.05) is 0 Å². The lowest BCUT2D eigenvalue weighted by atomic mass is 9.74. The van der Waals surface area contributed by atoms with Crippen LogP contribution in [0.15, 0.2) is 11.6 Å². The van der Waals surface area contributed by atoms with Gasteiger partial charge >= 0.3 is 5.97 Å². The molecule has 0 spiro atoms. The van der Waals surface area contributed by atoms with Gasteiger partial charge in [0.05, 0.1) is 11.7 Å². The third kappa shape index (κ3) is 3.85. The Bertz CT molecular complexity index is 761. The Balaban J connectivity index is 1.59. The van der Waals surface area contributed by atoms with Gasteiger partial charge in [0, 0.05) is 5.57 Å². The minimum Gasteiger partial charge on any atom is -0.451 e. The number of hydrogen-bond donors (Lipinski definition) is 2. The lowest BCUT2D eigenvalue weighted by Gasteiger charge is -2.47. The molecule has 6 heteroatoms. The molecular formula is C26H42O6. The number of allylic oxidation sites excluding steroid dienone is 1. The van der Waals surface area contributed by atoms with Crippen molar-refractivity contribution in [2.24, 2.45) is 35.0 Å². The zero-order chi connectivity index (χ0) is 23.6. The first-order valence-corrected chi connectivity index (χ1v) is 12.5. The molecule has 32 heavy (non-hydrogen) atoms. The third-order valence-corrected chi connectivity index (χ3v) is 9.51. The summed E-state index contributed by atoms with van der Waals surface area (Å²) in [6, 6.07) is 0. The number of esters is 1. The maximum absolute atomic E-state index is 12.5. The second-order valence-electron chi connectivity index (χ2n) is 11.7. The molecule has 0 bridgehead atoms. The Kier molecular flexibility index (Phi) is 6.32.